The number of carbonyl (C=O) groups excluding carboxylic acids is 1. The van der Waals surface area contributed by atoms with Gasteiger partial charge in [-0.05, 0) is 39.8 Å². The van der Waals surface area contributed by atoms with Crippen molar-refractivity contribution in [1.29, 1.82) is 0 Å². The molecule has 1 aliphatic rings. The van der Waals surface area contributed by atoms with Crippen molar-refractivity contribution in [3.05, 3.63) is 18.3 Å². The normalized spacial score (nSPS) is 19.5. The van der Waals surface area contributed by atoms with Crippen LogP contribution >= 0.6 is 0 Å². The fourth-order valence-corrected chi connectivity index (χ4v) is 2.37. The number of aromatic nitrogens is 1. The maximum atomic E-state index is 12.2. The average molecular weight is 293 g/mol. The van der Waals surface area contributed by atoms with Gasteiger partial charge >= 0.3 is 6.09 Å². The van der Waals surface area contributed by atoms with Crippen LogP contribution in [0.15, 0.2) is 18.3 Å². The Balaban J connectivity index is 2.03. The molecule has 0 aliphatic carbocycles. The van der Waals surface area contributed by atoms with E-state index in [9.17, 15) is 9.90 Å². The second-order valence-electron chi connectivity index (χ2n) is 6.31. The molecular weight excluding hydrogens is 270 g/mol. The zero-order valence-electron chi connectivity index (χ0n) is 13.0. The smallest absolute Gasteiger partial charge is 0.410 e. The monoisotopic (exact) mass is 293 g/mol. The summed E-state index contributed by atoms with van der Waals surface area (Å²) < 4.78 is 5.42. The lowest BCUT2D eigenvalue weighted by atomic mass is 10.2. The molecule has 6 nitrogen and oxygen atoms in total. The summed E-state index contributed by atoms with van der Waals surface area (Å²) in [6.07, 6.45) is 1.36. The Hall–Kier alpha value is -1.98. The first-order chi connectivity index (χ1) is 9.78. The van der Waals surface area contributed by atoms with Crippen LogP contribution in [0.25, 0.3) is 0 Å². The van der Waals surface area contributed by atoms with E-state index in [1.807, 2.05) is 32.6 Å². The molecule has 0 radical (unpaired) electrons. The third-order valence-electron chi connectivity index (χ3n) is 3.32. The molecule has 2 heterocycles. The zero-order valence-corrected chi connectivity index (χ0v) is 13.0. The molecule has 0 spiro atoms. The van der Waals surface area contributed by atoms with Crippen LogP contribution in [0, 0.1) is 0 Å². The van der Waals surface area contributed by atoms with Gasteiger partial charge in [0.05, 0.1) is 0 Å². The number of anilines is 1. The van der Waals surface area contributed by atoms with E-state index >= 15 is 0 Å². The number of ether oxygens (including phenoxy) is 1. The zero-order chi connectivity index (χ0) is 15.6. The van der Waals surface area contributed by atoms with E-state index in [2.05, 4.69) is 4.98 Å². The van der Waals surface area contributed by atoms with Gasteiger partial charge in [-0.1, -0.05) is 0 Å². The molecular formula is C15H23N3O3. The number of rotatable bonds is 1. The van der Waals surface area contributed by atoms with Crippen molar-refractivity contribution < 1.29 is 14.6 Å². The molecule has 0 aromatic carbocycles. The first-order valence-corrected chi connectivity index (χ1v) is 7.16. The molecule has 2 rings (SSSR count). The molecule has 1 atom stereocenters. The number of pyridine rings is 1. The van der Waals surface area contributed by atoms with E-state index in [-0.39, 0.29) is 17.9 Å². The minimum atomic E-state index is -0.493. The Morgan fingerprint density at radius 3 is 2.71 bits per heavy atom. The molecule has 116 valence electrons. The van der Waals surface area contributed by atoms with Gasteiger partial charge in [-0.15, -0.1) is 0 Å². The number of piperazine rings is 1. The van der Waals surface area contributed by atoms with Gasteiger partial charge in [-0.3, -0.25) is 0 Å². The third kappa shape index (κ3) is 3.77. The standard InChI is InChI=1S/C15H23N3O3/c1-11-10-17(13-12(19)6-5-7-16-13)8-9-18(11)14(20)21-15(2,3)4/h5-7,11,19H,8-10H2,1-4H3/t11-/m0/s1. The van der Waals surface area contributed by atoms with Gasteiger partial charge in [0.1, 0.15) is 5.60 Å². The van der Waals surface area contributed by atoms with Gasteiger partial charge in [0.25, 0.3) is 0 Å². The fraction of sp³-hybridized carbons (Fsp3) is 0.600. The molecule has 0 bridgehead atoms. The van der Waals surface area contributed by atoms with Crippen LogP contribution in [0.2, 0.25) is 0 Å². The van der Waals surface area contributed by atoms with E-state index in [4.69, 9.17) is 4.74 Å². The van der Waals surface area contributed by atoms with E-state index in [0.717, 1.165) is 0 Å². The van der Waals surface area contributed by atoms with Crippen molar-refractivity contribution in [2.45, 2.75) is 39.3 Å². The van der Waals surface area contributed by atoms with Crippen LogP contribution in [0.1, 0.15) is 27.7 Å². The number of aromatic hydroxyl groups is 1. The molecule has 0 unspecified atom stereocenters. The highest BCUT2D eigenvalue weighted by Gasteiger charge is 2.31. The maximum Gasteiger partial charge on any atom is 0.410 e. The molecule has 1 aliphatic heterocycles. The summed E-state index contributed by atoms with van der Waals surface area (Å²) in [7, 11) is 0. The van der Waals surface area contributed by atoms with Crippen molar-refractivity contribution in [2.75, 3.05) is 24.5 Å². The highest BCUT2D eigenvalue weighted by Crippen LogP contribution is 2.26. The summed E-state index contributed by atoms with van der Waals surface area (Å²) in [5.41, 5.74) is -0.493. The van der Waals surface area contributed by atoms with Crippen molar-refractivity contribution in [2.24, 2.45) is 0 Å². The molecule has 1 aromatic rings. The quantitative estimate of drug-likeness (QED) is 0.860. The molecule has 1 N–H and O–H groups in total. The SMILES string of the molecule is C[C@H]1CN(c2ncccc2O)CCN1C(=O)OC(C)(C)C. The highest BCUT2D eigenvalue weighted by molar-refractivity contribution is 5.69. The highest BCUT2D eigenvalue weighted by atomic mass is 16.6. The predicted molar refractivity (Wildman–Crippen MR) is 80.5 cm³/mol. The number of nitrogens with zero attached hydrogens (tertiary/aromatic N) is 3. The van der Waals surface area contributed by atoms with Gasteiger partial charge in [0.2, 0.25) is 0 Å². The number of hydrogen-bond donors (Lipinski definition) is 1. The molecule has 1 aromatic heterocycles. The third-order valence-corrected chi connectivity index (χ3v) is 3.32. The van der Waals surface area contributed by atoms with Crippen LogP contribution < -0.4 is 4.90 Å². The van der Waals surface area contributed by atoms with E-state index in [1.54, 1.807) is 23.2 Å². The Bertz CT molecular complexity index is 513. The number of carbonyl (C=O) groups is 1. The lowest BCUT2D eigenvalue weighted by Crippen LogP contribution is -2.55. The molecule has 1 amide bonds. The lowest BCUT2D eigenvalue weighted by molar-refractivity contribution is 0.0158. The van der Waals surface area contributed by atoms with Crippen LogP contribution in [-0.2, 0) is 4.74 Å². The van der Waals surface area contributed by atoms with Gasteiger partial charge < -0.3 is 19.6 Å². The van der Waals surface area contributed by atoms with Gasteiger partial charge in [-0.25, -0.2) is 9.78 Å². The van der Waals surface area contributed by atoms with E-state index < -0.39 is 5.60 Å². The Kier molecular flexibility index (Phi) is 4.25. The molecule has 21 heavy (non-hydrogen) atoms. The predicted octanol–water partition coefficient (Wildman–Crippen LogP) is 2.23. The van der Waals surface area contributed by atoms with E-state index in [0.29, 0.717) is 25.5 Å². The summed E-state index contributed by atoms with van der Waals surface area (Å²) in [4.78, 5) is 20.1. The molecule has 1 saturated heterocycles. The van der Waals surface area contributed by atoms with Gasteiger partial charge in [-0.2, -0.15) is 0 Å². The largest absolute Gasteiger partial charge is 0.504 e. The number of amides is 1. The lowest BCUT2D eigenvalue weighted by Gasteiger charge is -2.40. The van der Waals surface area contributed by atoms with Crippen LogP contribution in [0.4, 0.5) is 10.6 Å². The second-order valence-corrected chi connectivity index (χ2v) is 6.31. The topological polar surface area (TPSA) is 65.9 Å². The van der Waals surface area contributed by atoms with Crippen molar-refractivity contribution in [3.8, 4) is 5.75 Å². The minimum absolute atomic E-state index is 0.00462. The van der Waals surface area contributed by atoms with Crippen molar-refractivity contribution in [3.63, 3.8) is 0 Å². The fourth-order valence-electron chi connectivity index (χ4n) is 2.37. The summed E-state index contributed by atoms with van der Waals surface area (Å²) in [5, 5.41) is 9.87. The summed E-state index contributed by atoms with van der Waals surface area (Å²) in [6.45, 7) is 9.33. The maximum absolute atomic E-state index is 12.2. The van der Waals surface area contributed by atoms with Gasteiger partial charge in [0.15, 0.2) is 11.6 Å². The van der Waals surface area contributed by atoms with Crippen LogP contribution in [0.5, 0.6) is 5.75 Å². The summed E-state index contributed by atoms with van der Waals surface area (Å²) in [6, 6.07) is 3.31. The Morgan fingerprint density at radius 2 is 2.14 bits per heavy atom. The Morgan fingerprint density at radius 1 is 1.43 bits per heavy atom. The minimum Gasteiger partial charge on any atom is -0.504 e. The molecule has 1 fully saturated rings. The number of hydrogen-bond acceptors (Lipinski definition) is 5. The van der Waals surface area contributed by atoms with Crippen LogP contribution in [0.3, 0.4) is 0 Å². The first-order valence-electron chi connectivity index (χ1n) is 7.16. The van der Waals surface area contributed by atoms with Crippen LogP contribution in [-0.4, -0.2) is 52.4 Å². The average Bonchev–Trinajstić information content (AvgIpc) is 2.37. The second kappa shape index (κ2) is 5.79. The summed E-state index contributed by atoms with van der Waals surface area (Å²) >= 11 is 0. The summed E-state index contributed by atoms with van der Waals surface area (Å²) in [5.74, 6) is 0.726. The van der Waals surface area contributed by atoms with Crippen molar-refractivity contribution >= 4 is 11.9 Å². The van der Waals surface area contributed by atoms with Gasteiger partial charge in [0, 0.05) is 31.9 Å². The Labute approximate surface area is 125 Å². The molecule has 6 heteroatoms. The van der Waals surface area contributed by atoms with E-state index in [1.165, 1.54) is 0 Å². The first kappa shape index (κ1) is 15.4. The van der Waals surface area contributed by atoms with Crippen molar-refractivity contribution in [1.82, 2.24) is 9.88 Å². The molecule has 0 saturated carbocycles.